The Hall–Kier alpha value is -4.29. The predicted octanol–water partition coefficient (Wildman–Crippen LogP) is 2.76. The van der Waals surface area contributed by atoms with Gasteiger partial charge in [-0.1, -0.05) is 12.1 Å². The number of ether oxygens (including phenoxy) is 2. The van der Waals surface area contributed by atoms with Crippen LogP contribution in [0.4, 0.5) is 0 Å². The fourth-order valence-corrected chi connectivity index (χ4v) is 4.37. The third-order valence-electron chi connectivity index (χ3n) is 6.16. The van der Waals surface area contributed by atoms with Crippen LogP contribution in [0.3, 0.4) is 0 Å². The number of benzene rings is 1. The van der Waals surface area contributed by atoms with Gasteiger partial charge in [0.15, 0.2) is 5.49 Å². The highest BCUT2D eigenvalue weighted by molar-refractivity contribution is 5.95. The number of amides is 1. The Kier molecular flexibility index (Phi) is 5.89. The van der Waals surface area contributed by atoms with Crippen LogP contribution >= 0.6 is 0 Å². The number of fused-ring (bicyclic) bond motifs is 2. The number of methoxy groups -OCH3 is 1. The van der Waals surface area contributed by atoms with Crippen LogP contribution in [0.2, 0.25) is 0 Å². The molecule has 0 radical (unpaired) electrons. The summed E-state index contributed by atoms with van der Waals surface area (Å²) in [6.07, 6.45) is 3.24. The maximum absolute atomic E-state index is 13.4. The number of aromatic nitrogens is 3. The maximum Gasteiger partial charge on any atom is 0.279 e. The second-order valence-electron chi connectivity index (χ2n) is 8.43. The summed E-state index contributed by atoms with van der Waals surface area (Å²) in [5, 5.41) is 10.2. The number of hydrogen-bond acceptors (Lipinski definition) is 6. The molecule has 0 bridgehead atoms. The first-order chi connectivity index (χ1) is 17.0. The molecule has 0 aliphatic carbocycles. The topological polar surface area (TPSA) is 111 Å². The largest absolute Gasteiger partial charge is 0.497 e. The van der Waals surface area contributed by atoms with Crippen LogP contribution in [0.5, 0.6) is 5.75 Å². The van der Waals surface area contributed by atoms with Gasteiger partial charge in [-0.25, -0.2) is 4.98 Å². The van der Waals surface area contributed by atoms with Crippen molar-refractivity contribution in [3.05, 3.63) is 81.2 Å². The van der Waals surface area contributed by atoms with E-state index in [0.717, 1.165) is 18.4 Å². The van der Waals surface area contributed by atoms with Crippen molar-refractivity contribution in [1.82, 2.24) is 14.0 Å². The minimum Gasteiger partial charge on any atom is -0.497 e. The average Bonchev–Trinajstić information content (AvgIpc) is 3.39. The normalized spacial score (nSPS) is 16.0. The van der Waals surface area contributed by atoms with Crippen LogP contribution in [0.1, 0.15) is 34.3 Å². The summed E-state index contributed by atoms with van der Waals surface area (Å²) in [6.45, 7) is 2.82. The number of carbonyl (C=O) groups excluding carboxylic acids is 1. The van der Waals surface area contributed by atoms with E-state index >= 15 is 0 Å². The highest BCUT2D eigenvalue weighted by Gasteiger charge is 2.21. The van der Waals surface area contributed by atoms with Crippen molar-refractivity contribution < 1.29 is 14.3 Å². The third kappa shape index (κ3) is 4.09. The molecule has 5 rings (SSSR count). The average molecular weight is 470 g/mol. The molecule has 176 valence electrons. The molecule has 0 saturated carbocycles. The van der Waals surface area contributed by atoms with Gasteiger partial charge in [0, 0.05) is 18.4 Å². The van der Waals surface area contributed by atoms with E-state index in [1.807, 2.05) is 13.0 Å². The van der Waals surface area contributed by atoms with Crippen molar-refractivity contribution in [3.8, 4) is 11.8 Å². The minimum absolute atomic E-state index is 0.109. The van der Waals surface area contributed by atoms with E-state index in [4.69, 9.17) is 14.5 Å². The van der Waals surface area contributed by atoms with Gasteiger partial charge in [-0.05, 0) is 55.7 Å². The highest BCUT2D eigenvalue weighted by atomic mass is 16.5. The predicted molar refractivity (Wildman–Crippen MR) is 128 cm³/mol. The van der Waals surface area contributed by atoms with Crippen LogP contribution in [0.15, 0.2) is 58.4 Å². The lowest BCUT2D eigenvalue weighted by Crippen LogP contribution is -2.33. The number of aryl methyl sites for hydroxylation is 1. The third-order valence-corrected chi connectivity index (χ3v) is 6.16. The first-order valence-corrected chi connectivity index (χ1v) is 11.3. The van der Waals surface area contributed by atoms with Crippen molar-refractivity contribution in [2.24, 2.45) is 4.99 Å². The second kappa shape index (κ2) is 9.16. The van der Waals surface area contributed by atoms with E-state index in [0.29, 0.717) is 35.8 Å². The van der Waals surface area contributed by atoms with Crippen LogP contribution < -0.4 is 15.8 Å². The van der Waals surface area contributed by atoms with Gasteiger partial charge in [-0.15, -0.1) is 0 Å². The molecule has 1 fully saturated rings. The van der Waals surface area contributed by atoms with Gasteiger partial charge in [0.05, 0.1) is 30.7 Å². The molecule has 1 aliphatic heterocycles. The minimum atomic E-state index is -0.533. The molecular weight excluding hydrogens is 446 g/mol. The fourth-order valence-electron chi connectivity index (χ4n) is 4.37. The summed E-state index contributed by atoms with van der Waals surface area (Å²) < 4.78 is 14.2. The van der Waals surface area contributed by atoms with E-state index in [1.54, 1.807) is 41.1 Å². The fraction of sp³-hybridized carbons (Fsp3) is 0.269. The zero-order valence-corrected chi connectivity index (χ0v) is 19.4. The summed E-state index contributed by atoms with van der Waals surface area (Å²) in [4.78, 5) is 35.7. The number of carbonyl (C=O) groups is 1. The second-order valence-corrected chi connectivity index (χ2v) is 8.43. The highest BCUT2D eigenvalue weighted by Crippen LogP contribution is 2.18. The molecule has 1 atom stereocenters. The first kappa shape index (κ1) is 22.5. The van der Waals surface area contributed by atoms with Gasteiger partial charge >= 0.3 is 0 Å². The molecule has 0 unspecified atom stereocenters. The van der Waals surface area contributed by atoms with Crippen LogP contribution in [0.25, 0.3) is 16.7 Å². The lowest BCUT2D eigenvalue weighted by atomic mass is 10.1. The lowest BCUT2D eigenvalue weighted by molar-refractivity contribution is 0.0952. The summed E-state index contributed by atoms with van der Waals surface area (Å²) in [5.41, 5.74) is 1.96. The monoisotopic (exact) mass is 469 g/mol. The number of nitrogens with zero attached hydrogens (tertiary/aromatic N) is 5. The number of pyridine rings is 2. The van der Waals surface area contributed by atoms with Crippen LogP contribution in [-0.2, 0) is 11.3 Å². The molecule has 9 nitrogen and oxygen atoms in total. The van der Waals surface area contributed by atoms with Gasteiger partial charge in [0.2, 0.25) is 0 Å². The van der Waals surface area contributed by atoms with Gasteiger partial charge in [-0.3, -0.25) is 14.0 Å². The van der Waals surface area contributed by atoms with Gasteiger partial charge in [0.25, 0.3) is 11.5 Å². The molecule has 1 aromatic carbocycles. The summed E-state index contributed by atoms with van der Waals surface area (Å²) >= 11 is 0. The smallest absolute Gasteiger partial charge is 0.279 e. The molecule has 4 heterocycles. The lowest BCUT2D eigenvalue weighted by Gasteiger charge is -2.17. The summed E-state index contributed by atoms with van der Waals surface area (Å²) in [5.74, 6) is -0.0107. The molecule has 9 heteroatoms. The van der Waals surface area contributed by atoms with E-state index in [1.165, 1.54) is 17.6 Å². The van der Waals surface area contributed by atoms with E-state index in [2.05, 4.69) is 11.1 Å². The van der Waals surface area contributed by atoms with E-state index < -0.39 is 5.91 Å². The van der Waals surface area contributed by atoms with E-state index in [9.17, 15) is 14.9 Å². The Morgan fingerprint density at radius 1 is 1.29 bits per heavy atom. The molecule has 1 aliphatic rings. The molecule has 0 spiro atoms. The first-order valence-electron chi connectivity index (χ1n) is 11.3. The Morgan fingerprint density at radius 2 is 2.14 bits per heavy atom. The molecule has 0 N–H and O–H groups in total. The van der Waals surface area contributed by atoms with Crippen LogP contribution in [0, 0.1) is 18.3 Å². The molecule has 3 aromatic heterocycles. The van der Waals surface area contributed by atoms with Gasteiger partial charge in [-0.2, -0.15) is 10.3 Å². The Bertz CT molecular complexity index is 1640. The zero-order chi connectivity index (χ0) is 24.5. The van der Waals surface area contributed by atoms with Crippen molar-refractivity contribution in [1.29, 1.82) is 5.26 Å². The number of nitriles is 1. The Labute approximate surface area is 200 Å². The van der Waals surface area contributed by atoms with Crippen LogP contribution in [-0.4, -0.2) is 39.7 Å². The van der Waals surface area contributed by atoms with Crippen molar-refractivity contribution in [3.63, 3.8) is 0 Å². The standard InChI is InChI=1S/C26H23N5O4/c1-16-6-4-10-30-22(16)28-24-21(26(30)33)13-18(14-27)23(31(24)15-20-9-5-11-35-20)29-25(32)17-7-3-8-19(12-17)34-2/h3-4,6-8,10,12-13,20H,5,9,11,15H2,1-2H3/t20-/m0/s1. The molecule has 1 saturated heterocycles. The van der Waals surface area contributed by atoms with Crippen molar-refractivity contribution in [2.45, 2.75) is 32.4 Å². The molecular formula is C26H23N5O4. The number of rotatable bonds is 4. The quantitative estimate of drug-likeness (QED) is 0.425. The molecule has 1 amide bonds. The Balaban J connectivity index is 1.83. The molecule has 35 heavy (non-hydrogen) atoms. The SMILES string of the molecule is COc1cccc(C(=O)N=c2c(C#N)cc3c(=O)n4cccc(C)c4nc3n2C[C@@H]2CCCO2)c1. The van der Waals surface area contributed by atoms with Crippen molar-refractivity contribution in [2.75, 3.05) is 13.7 Å². The number of hydrogen-bond donors (Lipinski definition) is 0. The Morgan fingerprint density at radius 3 is 2.89 bits per heavy atom. The van der Waals surface area contributed by atoms with Gasteiger partial charge < -0.3 is 14.0 Å². The van der Waals surface area contributed by atoms with Crippen molar-refractivity contribution >= 4 is 22.6 Å². The maximum atomic E-state index is 13.4. The summed E-state index contributed by atoms with van der Waals surface area (Å²) in [7, 11) is 1.52. The zero-order valence-electron chi connectivity index (χ0n) is 19.4. The molecule has 4 aromatic rings. The summed E-state index contributed by atoms with van der Waals surface area (Å²) in [6, 6.07) is 13.9. The van der Waals surface area contributed by atoms with Gasteiger partial charge in [0.1, 0.15) is 23.1 Å². The van der Waals surface area contributed by atoms with E-state index in [-0.39, 0.29) is 28.1 Å².